The van der Waals surface area contributed by atoms with Gasteiger partial charge in [0.1, 0.15) is 0 Å². The summed E-state index contributed by atoms with van der Waals surface area (Å²) in [5.74, 6) is 0.674. The quantitative estimate of drug-likeness (QED) is 0.686. The Labute approximate surface area is 124 Å². The van der Waals surface area contributed by atoms with Gasteiger partial charge in [-0.05, 0) is 12.0 Å². The van der Waals surface area contributed by atoms with Gasteiger partial charge in [-0.2, -0.15) is 0 Å². The van der Waals surface area contributed by atoms with E-state index >= 15 is 0 Å². The van der Waals surface area contributed by atoms with Crippen LogP contribution in [0.15, 0.2) is 28.7 Å². The first-order valence-corrected chi connectivity index (χ1v) is 7.33. The van der Waals surface area contributed by atoms with Crippen molar-refractivity contribution in [2.45, 2.75) is 13.8 Å². The molecule has 4 heteroatoms. The van der Waals surface area contributed by atoms with Crippen LogP contribution in [0.3, 0.4) is 0 Å². The van der Waals surface area contributed by atoms with Crippen molar-refractivity contribution in [1.29, 1.82) is 0 Å². The highest BCUT2D eigenvalue weighted by molar-refractivity contribution is 9.10. The number of methoxy groups -OCH3 is 1. The molecule has 0 N–H and O–H groups in total. The minimum atomic E-state index is 0.143. The van der Waals surface area contributed by atoms with Gasteiger partial charge in [-0.15, -0.1) is 0 Å². The van der Waals surface area contributed by atoms with Crippen molar-refractivity contribution in [3.8, 4) is 0 Å². The molecule has 3 nitrogen and oxygen atoms in total. The first kappa shape index (κ1) is 16.3. The van der Waals surface area contributed by atoms with E-state index in [0.717, 1.165) is 23.1 Å². The van der Waals surface area contributed by atoms with Gasteiger partial charge in [0.2, 0.25) is 0 Å². The summed E-state index contributed by atoms with van der Waals surface area (Å²) >= 11 is 3.43. The Morgan fingerprint density at radius 3 is 2.63 bits per heavy atom. The molecular formula is C15H22BrNO2. The summed E-state index contributed by atoms with van der Waals surface area (Å²) in [6.45, 7) is 7.08. The zero-order valence-electron chi connectivity index (χ0n) is 11.9. The summed E-state index contributed by atoms with van der Waals surface area (Å²) in [5.41, 5.74) is 0.744. The average Bonchev–Trinajstić information content (AvgIpc) is 2.35. The van der Waals surface area contributed by atoms with Gasteiger partial charge in [0, 0.05) is 30.2 Å². The number of ether oxygens (including phenoxy) is 1. The van der Waals surface area contributed by atoms with E-state index < -0.39 is 0 Å². The Hall–Kier alpha value is -0.710. The van der Waals surface area contributed by atoms with E-state index in [1.807, 2.05) is 24.3 Å². The third-order valence-electron chi connectivity index (χ3n) is 2.78. The van der Waals surface area contributed by atoms with Gasteiger partial charge in [-0.1, -0.05) is 48.0 Å². The molecule has 0 aromatic heterocycles. The van der Waals surface area contributed by atoms with Crippen LogP contribution in [0.25, 0.3) is 0 Å². The fourth-order valence-electron chi connectivity index (χ4n) is 1.95. The minimum Gasteiger partial charge on any atom is -0.383 e. The monoisotopic (exact) mass is 327 g/mol. The Balaban J connectivity index is 2.67. The first-order valence-electron chi connectivity index (χ1n) is 6.53. The lowest BCUT2D eigenvalue weighted by Crippen LogP contribution is -2.35. The summed E-state index contributed by atoms with van der Waals surface area (Å²) in [6.07, 6.45) is 0. The number of carbonyl (C=O) groups excluding carboxylic acids is 1. The molecular weight excluding hydrogens is 306 g/mol. The SMILES string of the molecule is COCCN(CC(=O)c1ccccc1Br)CC(C)C. The molecule has 0 radical (unpaired) electrons. The molecule has 0 atom stereocenters. The van der Waals surface area contributed by atoms with Crippen LogP contribution in [0.5, 0.6) is 0 Å². The average molecular weight is 328 g/mol. The van der Waals surface area contributed by atoms with E-state index in [-0.39, 0.29) is 5.78 Å². The normalized spacial score (nSPS) is 11.3. The Morgan fingerprint density at radius 2 is 2.05 bits per heavy atom. The van der Waals surface area contributed by atoms with E-state index in [9.17, 15) is 4.79 Å². The molecule has 0 unspecified atom stereocenters. The summed E-state index contributed by atoms with van der Waals surface area (Å²) in [6, 6.07) is 7.56. The number of halogens is 1. The highest BCUT2D eigenvalue weighted by Crippen LogP contribution is 2.17. The fourth-order valence-corrected chi connectivity index (χ4v) is 2.45. The molecule has 0 fully saturated rings. The topological polar surface area (TPSA) is 29.5 Å². The molecule has 0 amide bonds. The van der Waals surface area contributed by atoms with Crippen LogP contribution in [0.4, 0.5) is 0 Å². The molecule has 0 saturated heterocycles. The summed E-state index contributed by atoms with van der Waals surface area (Å²) in [4.78, 5) is 14.5. The number of hydrogen-bond donors (Lipinski definition) is 0. The summed E-state index contributed by atoms with van der Waals surface area (Å²) < 4.78 is 5.96. The van der Waals surface area contributed by atoms with Crippen LogP contribution in [0.2, 0.25) is 0 Å². The number of benzene rings is 1. The second-order valence-corrected chi connectivity index (χ2v) is 5.88. The molecule has 106 valence electrons. The maximum atomic E-state index is 12.3. The van der Waals surface area contributed by atoms with Crippen LogP contribution in [-0.2, 0) is 4.74 Å². The van der Waals surface area contributed by atoms with Gasteiger partial charge in [0.05, 0.1) is 13.2 Å². The summed E-state index contributed by atoms with van der Waals surface area (Å²) in [7, 11) is 1.68. The lowest BCUT2D eigenvalue weighted by molar-refractivity contribution is 0.0880. The van der Waals surface area contributed by atoms with Crippen molar-refractivity contribution in [2.75, 3.05) is 33.4 Å². The van der Waals surface area contributed by atoms with Crippen molar-refractivity contribution < 1.29 is 9.53 Å². The third kappa shape index (κ3) is 5.85. The lowest BCUT2D eigenvalue weighted by Gasteiger charge is -2.23. The van der Waals surface area contributed by atoms with Gasteiger partial charge in [0.25, 0.3) is 0 Å². The van der Waals surface area contributed by atoms with Crippen molar-refractivity contribution in [3.05, 3.63) is 34.3 Å². The van der Waals surface area contributed by atoms with Crippen molar-refractivity contribution in [3.63, 3.8) is 0 Å². The van der Waals surface area contributed by atoms with Gasteiger partial charge < -0.3 is 4.74 Å². The smallest absolute Gasteiger partial charge is 0.177 e. The van der Waals surface area contributed by atoms with Gasteiger partial charge in [-0.3, -0.25) is 9.69 Å². The van der Waals surface area contributed by atoms with Crippen LogP contribution in [0, 0.1) is 5.92 Å². The first-order chi connectivity index (χ1) is 9.04. The number of rotatable bonds is 8. The van der Waals surface area contributed by atoms with Crippen LogP contribution < -0.4 is 0 Å². The number of ketones is 1. The maximum Gasteiger partial charge on any atom is 0.177 e. The molecule has 0 heterocycles. The van der Waals surface area contributed by atoms with Gasteiger partial charge in [0.15, 0.2) is 5.78 Å². The molecule has 0 aliphatic heterocycles. The highest BCUT2D eigenvalue weighted by Gasteiger charge is 2.15. The third-order valence-corrected chi connectivity index (χ3v) is 3.47. The van der Waals surface area contributed by atoms with Crippen molar-refractivity contribution in [2.24, 2.45) is 5.92 Å². The summed E-state index contributed by atoms with van der Waals surface area (Å²) in [5, 5.41) is 0. The van der Waals surface area contributed by atoms with Crippen molar-refractivity contribution in [1.82, 2.24) is 4.90 Å². The number of Topliss-reactive ketones (excluding diaryl/α,β-unsaturated/α-hetero) is 1. The Kier molecular flexibility index (Phi) is 7.28. The van der Waals surface area contributed by atoms with Crippen LogP contribution >= 0.6 is 15.9 Å². The molecule has 0 aliphatic rings. The largest absolute Gasteiger partial charge is 0.383 e. The Bertz CT molecular complexity index is 407. The van der Waals surface area contributed by atoms with E-state index in [1.54, 1.807) is 7.11 Å². The standard InChI is InChI=1S/C15H22BrNO2/c1-12(2)10-17(8-9-19-3)11-15(18)13-6-4-5-7-14(13)16/h4-7,12H,8-11H2,1-3H3. The second-order valence-electron chi connectivity index (χ2n) is 5.02. The van der Waals surface area contributed by atoms with E-state index in [1.165, 1.54) is 0 Å². The zero-order valence-corrected chi connectivity index (χ0v) is 13.4. The fraction of sp³-hybridized carbons (Fsp3) is 0.533. The second kappa shape index (κ2) is 8.46. The predicted molar refractivity (Wildman–Crippen MR) is 81.6 cm³/mol. The van der Waals surface area contributed by atoms with Crippen LogP contribution in [0.1, 0.15) is 24.2 Å². The molecule has 1 rings (SSSR count). The maximum absolute atomic E-state index is 12.3. The highest BCUT2D eigenvalue weighted by atomic mass is 79.9. The number of nitrogens with zero attached hydrogens (tertiary/aromatic N) is 1. The molecule has 1 aromatic carbocycles. The molecule has 0 aliphatic carbocycles. The van der Waals surface area contributed by atoms with Gasteiger partial charge >= 0.3 is 0 Å². The number of hydrogen-bond acceptors (Lipinski definition) is 3. The van der Waals surface area contributed by atoms with E-state index in [2.05, 4.69) is 34.7 Å². The lowest BCUT2D eigenvalue weighted by atomic mass is 10.1. The predicted octanol–water partition coefficient (Wildman–Crippen LogP) is 3.24. The van der Waals surface area contributed by atoms with Crippen LogP contribution in [-0.4, -0.2) is 44.0 Å². The van der Waals surface area contributed by atoms with E-state index in [0.29, 0.717) is 19.1 Å². The number of carbonyl (C=O) groups is 1. The molecule has 0 saturated carbocycles. The molecule has 0 bridgehead atoms. The molecule has 1 aromatic rings. The zero-order chi connectivity index (χ0) is 14.3. The molecule has 0 spiro atoms. The van der Waals surface area contributed by atoms with E-state index in [4.69, 9.17) is 4.74 Å². The Morgan fingerprint density at radius 1 is 1.37 bits per heavy atom. The van der Waals surface area contributed by atoms with Gasteiger partial charge in [-0.25, -0.2) is 0 Å². The van der Waals surface area contributed by atoms with Crippen molar-refractivity contribution >= 4 is 21.7 Å². The minimum absolute atomic E-state index is 0.143. The molecule has 19 heavy (non-hydrogen) atoms.